The molecule has 2 saturated heterocycles. The molecule has 2 aliphatic rings. The second-order valence-corrected chi connectivity index (χ2v) is 7.47. The lowest BCUT2D eigenvalue weighted by Crippen LogP contribution is -2.64. The van der Waals surface area contributed by atoms with E-state index in [1.807, 2.05) is 0 Å². The van der Waals surface area contributed by atoms with Gasteiger partial charge >= 0.3 is 0 Å². The van der Waals surface area contributed by atoms with Gasteiger partial charge in [0.05, 0.1) is 30.8 Å². The van der Waals surface area contributed by atoms with Crippen LogP contribution in [0.25, 0.3) is 0 Å². The normalized spacial score (nSPS) is 28.8. The Balaban J connectivity index is 1.70. The van der Waals surface area contributed by atoms with Crippen LogP contribution in [0.5, 0.6) is 5.75 Å². The Bertz CT molecular complexity index is 804. The summed E-state index contributed by atoms with van der Waals surface area (Å²) in [5.74, 6) is -0.799. The van der Waals surface area contributed by atoms with Crippen molar-refractivity contribution >= 4 is 11.6 Å². The Labute approximate surface area is 183 Å². The van der Waals surface area contributed by atoms with E-state index in [1.165, 1.54) is 6.07 Å². The smallest absolute Gasteiger partial charge is 0.273 e. The molecule has 2 aliphatic heterocycles. The Hall–Kier alpha value is -2.39. The number of hydrogen-bond acceptors (Lipinski definition) is 11. The molecule has 0 saturated carbocycles. The van der Waals surface area contributed by atoms with Gasteiger partial charge in [-0.1, -0.05) is 0 Å². The van der Waals surface area contributed by atoms with Gasteiger partial charge in [-0.2, -0.15) is 0 Å². The Kier molecular flexibility index (Phi) is 8.31. The van der Waals surface area contributed by atoms with E-state index in [0.717, 1.165) is 25.2 Å². The van der Waals surface area contributed by atoms with E-state index in [-0.39, 0.29) is 11.3 Å². The second-order valence-electron chi connectivity index (χ2n) is 7.47. The highest BCUT2D eigenvalue weighted by Gasteiger charge is 2.41. The molecule has 3 rings (SSSR count). The van der Waals surface area contributed by atoms with Gasteiger partial charge in [0.15, 0.2) is 0 Å². The molecule has 13 heteroatoms. The van der Waals surface area contributed by atoms with Crippen LogP contribution in [-0.4, -0.2) is 108 Å². The summed E-state index contributed by atoms with van der Waals surface area (Å²) in [5.41, 5.74) is -0.526. The van der Waals surface area contributed by atoms with Gasteiger partial charge in [0.1, 0.15) is 30.2 Å². The van der Waals surface area contributed by atoms with Crippen LogP contribution < -0.4 is 15.2 Å². The number of hydrogen-bond donors (Lipinski definition) is 4. The van der Waals surface area contributed by atoms with Crippen molar-refractivity contribution < 1.29 is 44.4 Å². The lowest BCUT2D eigenvalue weighted by atomic mass is 9.99. The average molecular weight is 456 g/mol. The van der Waals surface area contributed by atoms with Crippen molar-refractivity contribution in [2.75, 3.05) is 46.0 Å². The van der Waals surface area contributed by atoms with Gasteiger partial charge in [0.25, 0.3) is 11.6 Å². The molecule has 13 nitrogen and oxygen atoms in total. The maximum absolute atomic E-state index is 12.5. The van der Waals surface area contributed by atoms with Crippen molar-refractivity contribution in [2.45, 2.75) is 30.7 Å². The zero-order valence-electron chi connectivity index (χ0n) is 17.2. The first-order chi connectivity index (χ1) is 15.3. The molecule has 1 aromatic carbocycles. The average Bonchev–Trinajstić information content (AvgIpc) is 2.79. The second kappa shape index (κ2) is 11.0. The van der Waals surface area contributed by atoms with Crippen molar-refractivity contribution in [2.24, 2.45) is 0 Å². The maximum Gasteiger partial charge on any atom is 0.273 e. The first kappa shape index (κ1) is 24.3. The summed E-state index contributed by atoms with van der Waals surface area (Å²) < 4.78 is 15.5. The predicted molar refractivity (Wildman–Crippen MR) is 105 cm³/mol. The summed E-state index contributed by atoms with van der Waals surface area (Å²) in [6.45, 7) is 2.93. The van der Waals surface area contributed by atoms with Crippen LogP contribution >= 0.6 is 0 Å². The zero-order chi connectivity index (χ0) is 23.3. The third kappa shape index (κ3) is 5.89. The molecule has 2 fully saturated rings. The molecular formula is C19H26N3O10-. The summed E-state index contributed by atoms with van der Waals surface area (Å²) in [5, 5.41) is 55.4. The molecule has 0 spiro atoms. The number of nitro benzene ring substituents is 1. The molecule has 32 heavy (non-hydrogen) atoms. The first-order valence-corrected chi connectivity index (χ1v) is 10.1. The van der Waals surface area contributed by atoms with Crippen LogP contribution in [0.15, 0.2) is 18.2 Å². The highest BCUT2D eigenvalue weighted by Crippen LogP contribution is 2.27. The zero-order valence-corrected chi connectivity index (χ0v) is 17.2. The number of nitrogens with zero attached hydrogens (tertiary/aromatic N) is 2. The summed E-state index contributed by atoms with van der Waals surface area (Å²) >= 11 is 0. The standard InChI is InChI=1S/C19H26N3O10/c23-10-14-15(24)16(25)17(19(27)32-14)31-13-8-11(7-12(9-13)22(28)29)18(26)20-1-2-21-3-5-30-6-4-21/h7-9,14-17,19,23-25H,1-6,10H2,(H,20,26)/q-1/t14-,15+,16+,17-,19?/m1/s1. The minimum atomic E-state index is -1.98. The predicted octanol–water partition coefficient (Wildman–Crippen LogP) is -2.80. The minimum absolute atomic E-state index is 0.0707. The number of nitro groups is 1. The number of morpholine rings is 1. The number of benzene rings is 1. The third-order valence-corrected chi connectivity index (χ3v) is 5.28. The largest absolute Gasteiger partial charge is 0.828 e. The molecule has 2 heterocycles. The van der Waals surface area contributed by atoms with Gasteiger partial charge in [-0.3, -0.25) is 19.8 Å². The fraction of sp³-hybridized carbons (Fsp3) is 0.632. The molecule has 0 aromatic heterocycles. The molecule has 1 unspecified atom stereocenters. The molecule has 5 atom stereocenters. The van der Waals surface area contributed by atoms with Crippen LogP contribution in [0.2, 0.25) is 0 Å². The van der Waals surface area contributed by atoms with E-state index in [9.17, 15) is 30.2 Å². The van der Waals surface area contributed by atoms with E-state index < -0.39 is 53.8 Å². The van der Waals surface area contributed by atoms with Crippen LogP contribution in [0.4, 0.5) is 5.69 Å². The summed E-state index contributed by atoms with van der Waals surface area (Å²) in [4.78, 5) is 25.2. The van der Waals surface area contributed by atoms with Gasteiger partial charge in [0.2, 0.25) is 0 Å². The Morgan fingerprint density at radius 2 is 1.97 bits per heavy atom. The van der Waals surface area contributed by atoms with E-state index in [0.29, 0.717) is 26.3 Å². The summed E-state index contributed by atoms with van der Waals surface area (Å²) in [7, 11) is 0. The molecule has 1 amide bonds. The molecule has 0 radical (unpaired) electrons. The number of nitrogens with one attached hydrogen (secondary N) is 1. The maximum atomic E-state index is 12.5. The van der Waals surface area contributed by atoms with Crippen LogP contribution in [-0.2, 0) is 9.47 Å². The van der Waals surface area contributed by atoms with Gasteiger partial charge in [0, 0.05) is 44.1 Å². The summed E-state index contributed by atoms with van der Waals surface area (Å²) in [6.07, 6.45) is -8.20. The third-order valence-electron chi connectivity index (χ3n) is 5.28. The van der Waals surface area contributed by atoms with Crippen molar-refractivity contribution in [3.63, 3.8) is 0 Å². The fourth-order valence-corrected chi connectivity index (χ4v) is 3.48. The number of ether oxygens (including phenoxy) is 3. The number of non-ortho nitro benzene ring substituents is 1. The van der Waals surface area contributed by atoms with Crippen LogP contribution in [0.1, 0.15) is 10.4 Å². The number of carbonyl (C=O) groups is 1. The lowest BCUT2D eigenvalue weighted by Gasteiger charge is -2.45. The van der Waals surface area contributed by atoms with Gasteiger partial charge < -0.3 is 40.0 Å². The Morgan fingerprint density at radius 1 is 1.25 bits per heavy atom. The van der Waals surface area contributed by atoms with E-state index >= 15 is 0 Å². The molecule has 0 bridgehead atoms. The molecule has 4 N–H and O–H groups in total. The topological polar surface area (TPSA) is 187 Å². The molecule has 178 valence electrons. The van der Waals surface area contributed by atoms with Gasteiger partial charge in [-0.05, 0) is 6.07 Å². The molecular weight excluding hydrogens is 430 g/mol. The quantitative estimate of drug-likeness (QED) is 0.234. The van der Waals surface area contributed by atoms with E-state index in [2.05, 4.69) is 10.2 Å². The van der Waals surface area contributed by atoms with Crippen LogP contribution in [0, 0.1) is 10.1 Å². The number of aliphatic hydroxyl groups excluding tert-OH is 3. The summed E-state index contributed by atoms with van der Waals surface area (Å²) in [6, 6.07) is 3.26. The van der Waals surface area contributed by atoms with Gasteiger partial charge in [-0.25, -0.2) is 0 Å². The minimum Gasteiger partial charge on any atom is -0.828 e. The number of amides is 1. The van der Waals surface area contributed by atoms with Crippen molar-refractivity contribution in [3.05, 3.63) is 33.9 Å². The van der Waals surface area contributed by atoms with Crippen molar-refractivity contribution in [1.82, 2.24) is 10.2 Å². The fourth-order valence-electron chi connectivity index (χ4n) is 3.48. The Morgan fingerprint density at radius 3 is 2.62 bits per heavy atom. The lowest BCUT2D eigenvalue weighted by molar-refractivity contribution is -0.530. The van der Waals surface area contributed by atoms with Crippen molar-refractivity contribution in [1.29, 1.82) is 0 Å². The number of carbonyl (C=O) groups excluding carboxylic acids is 1. The van der Waals surface area contributed by atoms with E-state index in [1.54, 1.807) is 0 Å². The van der Waals surface area contributed by atoms with Crippen LogP contribution in [0.3, 0.4) is 0 Å². The van der Waals surface area contributed by atoms with Crippen molar-refractivity contribution in [3.8, 4) is 5.75 Å². The highest BCUT2D eigenvalue weighted by molar-refractivity contribution is 5.95. The first-order valence-electron chi connectivity index (χ1n) is 10.1. The number of rotatable bonds is 8. The monoisotopic (exact) mass is 456 g/mol. The van der Waals surface area contributed by atoms with E-state index in [4.69, 9.17) is 19.3 Å². The molecule has 1 aromatic rings. The number of aliphatic hydroxyl groups is 3. The highest BCUT2D eigenvalue weighted by atomic mass is 16.7. The molecule has 0 aliphatic carbocycles. The van der Waals surface area contributed by atoms with Gasteiger partial charge in [-0.15, -0.1) is 0 Å². The SMILES string of the molecule is O=C(NCCN1CCOCC1)c1cc(O[C@H]2C([O-])O[C@H](CO)[C@H](O)[C@@H]2O)cc([N+](=O)[O-])c1.